The van der Waals surface area contributed by atoms with Crippen LogP contribution in [0, 0.1) is 5.41 Å². The Kier molecular flexibility index (Phi) is 2.14. The lowest BCUT2D eigenvalue weighted by atomic mass is 9.78. The van der Waals surface area contributed by atoms with Crippen molar-refractivity contribution in [1.29, 1.82) is 0 Å². The zero-order valence-corrected chi connectivity index (χ0v) is 6.97. The SMILES string of the molecule is C1CCC2(CCOC1)COC2. The van der Waals surface area contributed by atoms with Crippen molar-refractivity contribution in [3.8, 4) is 0 Å². The highest BCUT2D eigenvalue weighted by Crippen LogP contribution is 2.37. The minimum atomic E-state index is 0.528. The van der Waals surface area contributed by atoms with Gasteiger partial charge >= 0.3 is 0 Å². The van der Waals surface area contributed by atoms with Crippen LogP contribution < -0.4 is 0 Å². The molecule has 0 radical (unpaired) electrons. The zero-order valence-electron chi connectivity index (χ0n) is 6.97. The molecule has 2 aliphatic rings. The summed E-state index contributed by atoms with van der Waals surface area (Å²) >= 11 is 0. The average Bonchev–Trinajstić information content (AvgIpc) is 1.82. The van der Waals surface area contributed by atoms with Crippen LogP contribution in [0.3, 0.4) is 0 Å². The summed E-state index contributed by atoms with van der Waals surface area (Å²) in [7, 11) is 0. The van der Waals surface area contributed by atoms with Crippen LogP contribution >= 0.6 is 0 Å². The van der Waals surface area contributed by atoms with Gasteiger partial charge in [0.1, 0.15) is 0 Å². The van der Waals surface area contributed by atoms with Gasteiger partial charge in [0, 0.05) is 18.6 Å². The van der Waals surface area contributed by atoms with Crippen LogP contribution in [-0.2, 0) is 9.47 Å². The van der Waals surface area contributed by atoms with Gasteiger partial charge in [-0.2, -0.15) is 0 Å². The molecular formula is C9H16O2. The normalized spacial score (nSPS) is 30.5. The van der Waals surface area contributed by atoms with E-state index in [0.29, 0.717) is 5.41 Å². The highest BCUT2D eigenvalue weighted by atomic mass is 16.5. The fraction of sp³-hybridized carbons (Fsp3) is 1.00. The van der Waals surface area contributed by atoms with Crippen LogP contribution in [-0.4, -0.2) is 26.4 Å². The van der Waals surface area contributed by atoms with Crippen LogP contribution in [0.1, 0.15) is 25.7 Å². The van der Waals surface area contributed by atoms with Crippen molar-refractivity contribution in [1.82, 2.24) is 0 Å². The van der Waals surface area contributed by atoms with Crippen molar-refractivity contribution in [2.24, 2.45) is 5.41 Å². The Morgan fingerprint density at radius 3 is 2.45 bits per heavy atom. The molecule has 0 unspecified atom stereocenters. The molecule has 0 aliphatic carbocycles. The van der Waals surface area contributed by atoms with Gasteiger partial charge in [-0.3, -0.25) is 0 Å². The summed E-state index contributed by atoms with van der Waals surface area (Å²) in [5.41, 5.74) is 0.528. The Morgan fingerprint density at radius 1 is 0.818 bits per heavy atom. The van der Waals surface area contributed by atoms with E-state index in [-0.39, 0.29) is 0 Å². The molecule has 2 heteroatoms. The van der Waals surface area contributed by atoms with E-state index < -0.39 is 0 Å². The molecule has 0 bridgehead atoms. The summed E-state index contributed by atoms with van der Waals surface area (Å²) in [6, 6.07) is 0. The van der Waals surface area contributed by atoms with Crippen molar-refractivity contribution in [2.75, 3.05) is 26.4 Å². The number of hydrogen-bond acceptors (Lipinski definition) is 2. The highest BCUT2D eigenvalue weighted by Gasteiger charge is 2.37. The fourth-order valence-corrected chi connectivity index (χ4v) is 1.90. The van der Waals surface area contributed by atoms with E-state index in [9.17, 15) is 0 Å². The van der Waals surface area contributed by atoms with E-state index in [4.69, 9.17) is 9.47 Å². The van der Waals surface area contributed by atoms with Crippen LogP contribution in [0.5, 0.6) is 0 Å². The van der Waals surface area contributed by atoms with Crippen molar-refractivity contribution in [3.63, 3.8) is 0 Å². The number of hydrogen-bond donors (Lipinski definition) is 0. The predicted octanol–water partition coefficient (Wildman–Crippen LogP) is 1.59. The first kappa shape index (κ1) is 7.56. The minimum absolute atomic E-state index is 0.528. The number of ether oxygens (including phenoxy) is 2. The molecule has 2 aliphatic heterocycles. The molecule has 0 N–H and O–H groups in total. The van der Waals surface area contributed by atoms with Gasteiger partial charge in [-0.15, -0.1) is 0 Å². The van der Waals surface area contributed by atoms with Gasteiger partial charge in [0.05, 0.1) is 13.2 Å². The molecule has 11 heavy (non-hydrogen) atoms. The maximum Gasteiger partial charge on any atom is 0.0545 e. The van der Waals surface area contributed by atoms with Gasteiger partial charge < -0.3 is 9.47 Å². The maximum absolute atomic E-state index is 5.45. The standard InChI is InChI=1S/C9H16O2/c1-2-5-10-6-4-9(3-1)7-11-8-9/h1-8H2. The van der Waals surface area contributed by atoms with Crippen LogP contribution in [0.15, 0.2) is 0 Å². The van der Waals surface area contributed by atoms with E-state index >= 15 is 0 Å². The fourth-order valence-electron chi connectivity index (χ4n) is 1.90. The van der Waals surface area contributed by atoms with Gasteiger partial charge in [0.15, 0.2) is 0 Å². The van der Waals surface area contributed by atoms with E-state index in [1.165, 1.54) is 25.7 Å². The average molecular weight is 156 g/mol. The van der Waals surface area contributed by atoms with Crippen molar-refractivity contribution in [3.05, 3.63) is 0 Å². The molecule has 0 atom stereocenters. The molecular weight excluding hydrogens is 140 g/mol. The van der Waals surface area contributed by atoms with Gasteiger partial charge in [0.25, 0.3) is 0 Å². The minimum Gasteiger partial charge on any atom is -0.381 e. The zero-order chi connectivity index (χ0) is 7.57. The molecule has 0 saturated carbocycles. The summed E-state index contributed by atoms with van der Waals surface area (Å²) in [6.07, 6.45) is 5.13. The highest BCUT2D eigenvalue weighted by molar-refractivity contribution is 4.85. The van der Waals surface area contributed by atoms with Crippen LogP contribution in [0.2, 0.25) is 0 Å². The second-order valence-corrected chi connectivity index (χ2v) is 3.81. The number of rotatable bonds is 0. The lowest BCUT2D eigenvalue weighted by Gasteiger charge is -2.42. The van der Waals surface area contributed by atoms with Gasteiger partial charge in [0.2, 0.25) is 0 Å². The monoisotopic (exact) mass is 156 g/mol. The van der Waals surface area contributed by atoms with Crippen LogP contribution in [0.4, 0.5) is 0 Å². The maximum atomic E-state index is 5.45. The largest absolute Gasteiger partial charge is 0.381 e. The molecule has 1 spiro atoms. The lowest BCUT2D eigenvalue weighted by Crippen LogP contribution is -2.44. The molecule has 2 heterocycles. The first-order valence-electron chi connectivity index (χ1n) is 4.57. The second kappa shape index (κ2) is 3.11. The molecule has 2 saturated heterocycles. The van der Waals surface area contributed by atoms with Crippen LogP contribution in [0.25, 0.3) is 0 Å². The molecule has 2 rings (SSSR count). The smallest absolute Gasteiger partial charge is 0.0545 e. The third-order valence-electron chi connectivity index (χ3n) is 2.84. The Balaban J connectivity index is 1.86. The first-order valence-corrected chi connectivity index (χ1v) is 4.57. The Hall–Kier alpha value is -0.0800. The van der Waals surface area contributed by atoms with Crippen molar-refractivity contribution >= 4 is 0 Å². The Bertz CT molecular complexity index is 120. The summed E-state index contributed by atoms with van der Waals surface area (Å²) < 4.78 is 10.7. The molecule has 0 amide bonds. The van der Waals surface area contributed by atoms with Crippen molar-refractivity contribution in [2.45, 2.75) is 25.7 Å². The van der Waals surface area contributed by atoms with E-state index in [1.807, 2.05) is 0 Å². The third-order valence-corrected chi connectivity index (χ3v) is 2.84. The molecule has 0 aromatic carbocycles. The summed E-state index contributed by atoms with van der Waals surface area (Å²) in [5, 5.41) is 0. The quantitative estimate of drug-likeness (QED) is 0.530. The van der Waals surface area contributed by atoms with E-state index in [0.717, 1.165) is 26.4 Å². The third kappa shape index (κ3) is 1.57. The summed E-state index contributed by atoms with van der Waals surface area (Å²) in [6.45, 7) is 3.88. The second-order valence-electron chi connectivity index (χ2n) is 3.81. The van der Waals surface area contributed by atoms with E-state index in [2.05, 4.69) is 0 Å². The topological polar surface area (TPSA) is 18.5 Å². The molecule has 2 nitrogen and oxygen atoms in total. The van der Waals surface area contributed by atoms with Crippen molar-refractivity contribution < 1.29 is 9.47 Å². The summed E-state index contributed by atoms with van der Waals surface area (Å²) in [5.74, 6) is 0. The molecule has 0 aromatic heterocycles. The molecule has 0 aromatic rings. The van der Waals surface area contributed by atoms with E-state index in [1.54, 1.807) is 0 Å². The molecule has 64 valence electrons. The summed E-state index contributed by atoms with van der Waals surface area (Å²) in [4.78, 5) is 0. The van der Waals surface area contributed by atoms with Gasteiger partial charge in [-0.1, -0.05) is 6.42 Å². The van der Waals surface area contributed by atoms with Gasteiger partial charge in [-0.05, 0) is 19.3 Å². The lowest BCUT2D eigenvalue weighted by molar-refractivity contribution is -0.136. The Labute approximate surface area is 67.9 Å². The first-order chi connectivity index (χ1) is 5.41. The van der Waals surface area contributed by atoms with Gasteiger partial charge in [-0.25, -0.2) is 0 Å². The molecule has 2 fully saturated rings. The Morgan fingerprint density at radius 2 is 1.73 bits per heavy atom. The predicted molar refractivity (Wildman–Crippen MR) is 42.5 cm³/mol.